The first-order chi connectivity index (χ1) is 15.2. The van der Waals surface area contributed by atoms with E-state index in [4.69, 9.17) is 19.4 Å². The number of nitrogens with zero attached hydrogens (tertiary/aromatic N) is 2. The molecule has 2 aromatic heterocycles. The number of thiazole rings is 1. The molecule has 0 saturated heterocycles. The monoisotopic (exact) mass is 459 g/mol. The zero-order valence-corrected chi connectivity index (χ0v) is 19.1. The Bertz CT molecular complexity index is 1130. The summed E-state index contributed by atoms with van der Waals surface area (Å²) in [6.07, 6.45) is 2.77. The molecule has 10 heteroatoms. The number of H-pyrrole nitrogens is 1. The Labute approximate surface area is 189 Å². The number of carboxylic acid groups (broad SMARTS) is 1. The summed E-state index contributed by atoms with van der Waals surface area (Å²) in [7, 11) is 0. The van der Waals surface area contributed by atoms with E-state index in [0.717, 1.165) is 21.8 Å². The second-order valence-electron chi connectivity index (χ2n) is 7.96. The Morgan fingerprint density at radius 1 is 1.31 bits per heavy atom. The number of aromatic amines is 1. The fourth-order valence-corrected chi connectivity index (χ4v) is 3.70. The molecule has 0 radical (unpaired) electrons. The van der Waals surface area contributed by atoms with Crippen LogP contribution in [-0.2, 0) is 27.4 Å². The van der Waals surface area contributed by atoms with E-state index in [2.05, 4.69) is 15.1 Å². The number of aryl methyl sites for hydroxylation is 1. The molecule has 0 unspecified atom stereocenters. The maximum absolute atomic E-state index is 13.2. The number of carboxylic acids is 1. The van der Waals surface area contributed by atoms with Crippen molar-refractivity contribution in [3.8, 4) is 5.75 Å². The Hall–Kier alpha value is -3.40. The van der Waals surface area contributed by atoms with Crippen LogP contribution < -0.4 is 4.74 Å². The molecule has 0 atom stereocenters. The first-order valence-corrected chi connectivity index (χ1v) is 10.8. The van der Waals surface area contributed by atoms with E-state index in [1.807, 2.05) is 18.4 Å². The lowest BCUT2D eigenvalue weighted by Gasteiger charge is -2.21. The van der Waals surface area contributed by atoms with Gasteiger partial charge in [0.15, 0.2) is 6.21 Å². The molecule has 0 aliphatic heterocycles. The number of carbonyl (C=O) groups excluding carboxylic acids is 1. The molecule has 32 heavy (non-hydrogen) atoms. The van der Waals surface area contributed by atoms with Crippen molar-refractivity contribution in [1.29, 1.82) is 0 Å². The molecule has 0 saturated carbocycles. The summed E-state index contributed by atoms with van der Waals surface area (Å²) < 4.78 is 11.6. The molecule has 0 aliphatic carbocycles. The van der Waals surface area contributed by atoms with Gasteiger partial charge in [-0.15, -0.1) is 11.3 Å². The van der Waals surface area contributed by atoms with Gasteiger partial charge in [-0.3, -0.25) is 0 Å². The van der Waals surface area contributed by atoms with Crippen molar-refractivity contribution in [2.24, 2.45) is 5.16 Å². The van der Waals surface area contributed by atoms with Crippen LogP contribution >= 0.6 is 11.3 Å². The van der Waals surface area contributed by atoms with E-state index in [1.54, 1.807) is 33.0 Å². The zero-order chi connectivity index (χ0) is 23.3. The minimum atomic E-state index is -1.19. The molecule has 0 aliphatic rings. The molecule has 2 N–H and O–H groups in total. The Kier molecular flexibility index (Phi) is 7.14. The van der Waals surface area contributed by atoms with Crippen LogP contribution in [0.15, 0.2) is 28.9 Å². The first kappa shape index (κ1) is 23.3. The third kappa shape index (κ3) is 5.85. The average Bonchev–Trinajstić information content (AvgIpc) is 3.31. The second-order valence-corrected chi connectivity index (χ2v) is 8.94. The lowest BCUT2D eigenvalue weighted by atomic mass is 10.0. The van der Waals surface area contributed by atoms with E-state index in [1.165, 1.54) is 11.3 Å². The third-order valence-electron chi connectivity index (χ3n) is 4.36. The van der Waals surface area contributed by atoms with E-state index in [-0.39, 0.29) is 13.2 Å². The summed E-state index contributed by atoms with van der Waals surface area (Å²) in [6.45, 7) is 7.67. The van der Waals surface area contributed by atoms with Gasteiger partial charge in [0, 0.05) is 34.6 Å². The first-order valence-electron chi connectivity index (χ1n) is 9.92. The minimum absolute atomic E-state index is 0.134. The summed E-state index contributed by atoms with van der Waals surface area (Å²) in [5.74, 6) is -1.29. The molecule has 9 nitrogen and oxygen atoms in total. The van der Waals surface area contributed by atoms with Crippen LogP contribution in [0.4, 0.5) is 0 Å². The molecule has 3 aromatic rings. The Balaban J connectivity index is 1.99. The third-order valence-corrected chi connectivity index (χ3v) is 5.12. The van der Waals surface area contributed by atoms with Crippen molar-refractivity contribution in [3.63, 3.8) is 0 Å². The number of esters is 1. The molecule has 0 bridgehead atoms. The summed E-state index contributed by atoms with van der Waals surface area (Å²) >= 11 is 1.46. The number of ether oxygens (including phenoxy) is 2. The number of carbonyl (C=O) groups is 2. The lowest BCUT2D eigenvalue weighted by Crippen LogP contribution is -2.24. The molecular formula is C22H25N3O6S. The van der Waals surface area contributed by atoms with Crippen molar-refractivity contribution in [1.82, 2.24) is 9.97 Å². The number of hydrogen-bond acceptors (Lipinski definition) is 8. The van der Waals surface area contributed by atoms with Crippen LogP contribution in [0.1, 0.15) is 47.4 Å². The van der Waals surface area contributed by atoms with Crippen molar-refractivity contribution in [2.45, 2.75) is 46.3 Å². The standard InChI is InChI=1S/C22H25N3O6S/c1-13-14(7-9-30-24-11-18(26)27)19-15(25-13)5-6-16(29-12-17-23-8-10-32-17)20(19)21(28)31-22(2,3)4/h5-6,8,10-11,25H,7,9,12H2,1-4H3,(H,26,27). The fraction of sp³-hybridized carbons (Fsp3) is 0.364. The number of aromatic nitrogens is 2. The molecule has 0 amide bonds. The van der Waals surface area contributed by atoms with Gasteiger partial charge in [0.25, 0.3) is 0 Å². The summed E-state index contributed by atoms with van der Waals surface area (Å²) in [5, 5.41) is 15.3. The summed E-state index contributed by atoms with van der Waals surface area (Å²) in [6, 6.07) is 3.59. The van der Waals surface area contributed by atoms with Gasteiger partial charge in [-0.25, -0.2) is 14.6 Å². The van der Waals surface area contributed by atoms with Crippen LogP contribution in [-0.4, -0.2) is 45.4 Å². The van der Waals surface area contributed by atoms with Crippen LogP contribution in [0, 0.1) is 6.92 Å². The number of nitrogens with one attached hydrogen (secondary N) is 1. The van der Waals surface area contributed by atoms with Gasteiger partial charge in [-0.1, -0.05) is 5.16 Å². The van der Waals surface area contributed by atoms with Crippen molar-refractivity contribution in [2.75, 3.05) is 6.61 Å². The number of fused-ring (bicyclic) bond motifs is 1. The number of benzene rings is 1. The second kappa shape index (κ2) is 9.82. The van der Waals surface area contributed by atoms with Gasteiger partial charge in [0.2, 0.25) is 0 Å². The van der Waals surface area contributed by atoms with E-state index < -0.39 is 17.5 Å². The summed E-state index contributed by atoms with van der Waals surface area (Å²) in [4.78, 5) is 36.3. The molecule has 1 aromatic carbocycles. The highest BCUT2D eigenvalue weighted by atomic mass is 32.1. The normalized spacial score (nSPS) is 11.8. The van der Waals surface area contributed by atoms with E-state index in [9.17, 15) is 9.59 Å². The number of hydrogen-bond donors (Lipinski definition) is 2. The van der Waals surface area contributed by atoms with Crippen LogP contribution in [0.5, 0.6) is 5.75 Å². The van der Waals surface area contributed by atoms with Crippen LogP contribution in [0.25, 0.3) is 10.9 Å². The van der Waals surface area contributed by atoms with Gasteiger partial charge in [-0.2, -0.15) is 0 Å². The van der Waals surface area contributed by atoms with Crippen molar-refractivity contribution < 1.29 is 29.0 Å². The van der Waals surface area contributed by atoms with Gasteiger partial charge < -0.3 is 24.4 Å². The quantitative estimate of drug-likeness (QED) is 0.214. The van der Waals surface area contributed by atoms with Crippen molar-refractivity contribution in [3.05, 3.63) is 45.5 Å². The number of rotatable bonds is 9. The molecule has 0 spiro atoms. The molecular weight excluding hydrogens is 434 g/mol. The number of oxime groups is 1. The predicted molar refractivity (Wildman–Crippen MR) is 120 cm³/mol. The van der Waals surface area contributed by atoms with E-state index >= 15 is 0 Å². The smallest absolute Gasteiger partial charge is 0.350 e. The zero-order valence-electron chi connectivity index (χ0n) is 18.3. The highest BCUT2D eigenvalue weighted by Crippen LogP contribution is 2.34. The molecule has 3 rings (SSSR count). The van der Waals surface area contributed by atoms with Crippen LogP contribution in [0.3, 0.4) is 0 Å². The van der Waals surface area contributed by atoms with E-state index in [0.29, 0.717) is 29.3 Å². The Morgan fingerprint density at radius 3 is 2.75 bits per heavy atom. The van der Waals surface area contributed by atoms with Gasteiger partial charge >= 0.3 is 11.9 Å². The fourth-order valence-electron chi connectivity index (χ4n) is 3.18. The molecule has 2 heterocycles. The van der Waals surface area contributed by atoms with Gasteiger partial charge in [0.1, 0.15) is 35.1 Å². The van der Waals surface area contributed by atoms with Gasteiger partial charge in [0.05, 0.1) is 0 Å². The average molecular weight is 460 g/mol. The SMILES string of the molecule is Cc1[nH]c2ccc(OCc3nccs3)c(C(=O)OC(C)(C)C)c2c1CCON=CC(=O)O. The number of aliphatic carboxylic acids is 1. The highest BCUT2D eigenvalue weighted by Gasteiger charge is 2.26. The van der Waals surface area contributed by atoms with Crippen LogP contribution in [0.2, 0.25) is 0 Å². The topological polar surface area (TPSA) is 123 Å². The molecule has 170 valence electrons. The predicted octanol–water partition coefficient (Wildman–Crippen LogP) is 4.10. The highest BCUT2D eigenvalue weighted by molar-refractivity contribution is 7.09. The maximum Gasteiger partial charge on any atom is 0.350 e. The van der Waals surface area contributed by atoms with Gasteiger partial charge in [-0.05, 0) is 45.4 Å². The maximum atomic E-state index is 13.2. The lowest BCUT2D eigenvalue weighted by molar-refractivity contribution is -0.129. The largest absolute Gasteiger partial charge is 0.485 e. The summed E-state index contributed by atoms with van der Waals surface area (Å²) in [5.41, 5.74) is 2.08. The Morgan fingerprint density at radius 2 is 2.09 bits per heavy atom. The minimum Gasteiger partial charge on any atom is -0.485 e. The molecule has 0 fully saturated rings. The van der Waals surface area contributed by atoms with Crippen molar-refractivity contribution >= 4 is 40.4 Å².